The maximum Gasteiger partial charge on any atom is 0.240 e. The van der Waals surface area contributed by atoms with Gasteiger partial charge in [-0.05, 0) is 18.6 Å². The molecule has 1 fully saturated rings. The Morgan fingerprint density at radius 1 is 1.43 bits per heavy atom. The standard InChI is InChI=1S/C11H13ClFNO5S2/c12-11-7(5-15)3-9(4-10(11)13)21(18,19)14-8-1-2-20(16,17)6-8/h3-4,8,14-15H,1-2,5-6H2. The van der Waals surface area contributed by atoms with E-state index >= 15 is 0 Å². The van der Waals surface area contributed by atoms with Gasteiger partial charge in [-0.3, -0.25) is 0 Å². The number of halogens is 2. The van der Waals surface area contributed by atoms with Gasteiger partial charge in [0.1, 0.15) is 5.82 Å². The van der Waals surface area contributed by atoms with Gasteiger partial charge in [0.05, 0.1) is 28.0 Å². The number of aliphatic hydroxyl groups is 1. The van der Waals surface area contributed by atoms with Gasteiger partial charge in [-0.15, -0.1) is 0 Å². The fourth-order valence-electron chi connectivity index (χ4n) is 2.06. The third kappa shape index (κ3) is 3.72. The minimum atomic E-state index is -4.09. The molecule has 0 bridgehead atoms. The summed E-state index contributed by atoms with van der Waals surface area (Å²) in [6.07, 6.45) is 0.171. The zero-order chi connectivity index (χ0) is 15.8. The van der Waals surface area contributed by atoms with Gasteiger partial charge in [0.2, 0.25) is 10.0 Å². The van der Waals surface area contributed by atoms with Crippen molar-refractivity contribution in [1.29, 1.82) is 0 Å². The van der Waals surface area contributed by atoms with Gasteiger partial charge in [-0.1, -0.05) is 11.6 Å². The van der Waals surface area contributed by atoms with E-state index in [1.54, 1.807) is 0 Å². The van der Waals surface area contributed by atoms with Crippen molar-refractivity contribution in [2.45, 2.75) is 24.0 Å². The Morgan fingerprint density at radius 3 is 2.62 bits per heavy atom. The number of rotatable bonds is 4. The summed E-state index contributed by atoms with van der Waals surface area (Å²) in [7, 11) is -7.33. The molecule has 1 aliphatic rings. The lowest BCUT2D eigenvalue weighted by Crippen LogP contribution is -2.35. The van der Waals surface area contributed by atoms with Crippen LogP contribution in [0.25, 0.3) is 0 Å². The predicted octanol–water partition coefficient (Wildman–Crippen LogP) is 0.437. The second-order valence-corrected chi connectivity index (χ2v) is 9.08. The van der Waals surface area contributed by atoms with E-state index in [4.69, 9.17) is 16.7 Å². The third-order valence-corrected chi connectivity index (χ3v) is 6.80. The summed E-state index contributed by atoms with van der Waals surface area (Å²) < 4.78 is 62.7. The molecule has 1 aliphatic heterocycles. The molecule has 10 heteroatoms. The van der Waals surface area contributed by atoms with E-state index in [1.807, 2.05) is 0 Å². The molecule has 1 saturated heterocycles. The molecule has 0 saturated carbocycles. The first kappa shape index (κ1) is 16.6. The number of sulfonamides is 1. The molecule has 0 aliphatic carbocycles. The average molecular weight is 358 g/mol. The van der Waals surface area contributed by atoms with Crippen molar-refractivity contribution >= 4 is 31.5 Å². The highest BCUT2D eigenvalue weighted by Crippen LogP contribution is 2.25. The van der Waals surface area contributed by atoms with Gasteiger partial charge >= 0.3 is 0 Å². The summed E-state index contributed by atoms with van der Waals surface area (Å²) in [6, 6.07) is 1.04. The van der Waals surface area contributed by atoms with Crippen LogP contribution in [0.5, 0.6) is 0 Å². The first-order chi connectivity index (χ1) is 9.64. The molecule has 1 heterocycles. The third-order valence-electron chi connectivity index (χ3n) is 3.11. The number of benzene rings is 1. The van der Waals surface area contributed by atoms with Gasteiger partial charge in [-0.25, -0.2) is 25.9 Å². The van der Waals surface area contributed by atoms with Crippen LogP contribution in [0, 0.1) is 5.82 Å². The Labute approximate surface area is 126 Å². The minimum Gasteiger partial charge on any atom is -0.392 e. The van der Waals surface area contributed by atoms with Gasteiger partial charge in [0.25, 0.3) is 0 Å². The van der Waals surface area contributed by atoms with E-state index < -0.39 is 43.2 Å². The summed E-state index contributed by atoms with van der Waals surface area (Å²) in [5, 5.41) is 8.69. The molecular weight excluding hydrogens is 345 g/mol. The predicted molar refractivity (Wildman–Crippen MR) is 74.7 cm³/mol. The molecule has 1 unspecified atom stereocenters. The number of nitrogens with one attached hydrogen (secondary N) is 1. The molecule has 1 aromatic carbocycles. The Bertz CT molecular complexity index is 763. The van der Waals surface area contributed by atoms with Crippen LogP contribution in [0.4, 0.5) is 4.39 Å². The SMILES string of the molecule is O=S1(=O)CCC(NS(=O)(=O)c2cc(F)c(Cl)c(CO)c2)C1. The quantitative estimate of drug-likeness (QED) is 0.814. The Balaban J connectivity index is 2.30. The van der Waals surface area contributed by atoms with Gasteiger partial charge in [-0.2, -0.15) is 0 Å². The summed E-state index contributed by atoms with van der Waals surface area (Å²) in [6.45, 7) is -0.614. The summed E-state index contributed by atoms with van der Waals surface area (Å²) in [4.78, 5) is -0.405. The minimum absolute atomic E-state index is 0.0592. The highest BCUT2D eigenvalue weighted by molar-refractivity contribution is 7.92. The number of hydrogen-bond acceptors (Lipinski definition) is 5. The van der Waals surface area contributed by atoms with Crippen molar-refractivity contribution in [3.05, 3.63) is 28.5 Å². The molecule has 0 amide bonds. The van der Waals surface area contributed by atoms with E-state index in [9.17, 15) is 21.2 Å². The number of aliphatic hydroxyl groups excluding tert-OH is 1. The molecule has 0 spiro atoms. The van der Waals surface area contributed by atoms with E-state index in [0.717, 1.165) is 12.1 Å². The number of sulfone groups is 1. The lowest BCUT2D eigenvalue weighted by atomic mass is 10.2. The lowest BCUT2D eigenvalue weighted by molar-refractivity contribution is 0.281. The maximum absolute atomic E-state index is 13.6. The van der Waals surface area contributed by atoms with Crippen LogP contribution in [0.1, 0.15) is 12.0 Å². The van der Waals surface area contributed by atoms with Crippen molar-refractivity contribution in [1.82, 2.24) is 4.72 Å². The van der Waals surface area contributed by atoms with E-state index in [2.05, 4.69) is 4.72 Å². The normalized spacial score (nSPS) is 21.6. The Morgan fingerprint density at radius 2 is 2.10 bits per heavy atom. The maximum atomic E-state index is 13.6. The molecule has 1 aromatic rings. The van der Waals surface area contributed by atoms with Gasteiger partial charge in [0, 0.05) is 11.6 Å². The first-order valence-electron chi connectivity index (χ1n) is 5.96. The van der Waals surface area contributed by atoms with Crippen LogP contribution in [0.2, 0.25) is 5.02 Å². The first-order valence-corrected chi connectivity index (χ1v) is 9.64. The molecule has 118 valence electrons. The van der Waals surface area contributed by atoms with Crippen molar-refractivity contribution in [3.8, 4) is 0 Å². The monoisotopic (exact) mass is 357 g/mol. The average Bonchev–Trinajstić information content (AvgIpc) is 2.70. The van der Waals surface area contributed by atoms with Crippen LogP contribution >= 0.6 is 11.6 Å². The van der Waals surface area contributed by atoms with Crippen LogP contribution in [-0.2, 0) is 26.5 Å². The summed E-state index contributed by atoms with van der Waals surface area (Å²) >= 11 is 5.59. The van der Waals surface area contributed by atoms with Crippen LogP contribution in [0.3, 0.4) is 0 Å². The molecule has 2 rings (SSSR count). The van der Waals surface area contributed by atoms with Crippen molar-refractivity contribution < 1.29 is 26.3 Å². The van der Waals surface area contributed by atoms with Gasteiger partial charge < -0.3 is 5.11 Å². The largest absolute Gasteiger partial charge is 0.392 e. The van der Waals surface area contributed by atoms with E-state index in [1.165, 1.54) is 0 Å². The lowest BCUT2D eigenvalue weighted by Gasteiger charge is -2.13. The highest BCUT2D eigenvalue weighted by Gasteiger charge is 2.31. The zero-order valence-corrected chi connectivity index (χ0v) is 13.1. The topological polar surface area (TPSA) is 101 Å². The second kappa shape index (κ2) is 5.81. The van der Waals surface area contributed by atoms with Gasteiger partial charge in [0.15, 0.2) is 9.84 Å². The molecule has 6 nitrogen and oxygen atoms in total. The molecule has 1 atom stereocenters. The van der Waals surface area contributed by atoms with Crippen molar-refractivity contribution in [2.24, 2.45) is 0 Å². The van der Waals surface area contributed by atoms with E-state index in [0.29, 0.717) is 0 Å². The Kier molecular flexibility index (Phi) is 4.60. The highest BCUT2D eigenvalue weighted by atomic mass is 35.5. The fourth-order valence-corrected chi connectivity index (χ4v) is 5.34. The molecule has 21 heavy (non-hydrogen) atoms. The molecular formula is C11H13ClFNO5S2. The summed E-state index contributed by atoms with van der Waals surface area (Å²) in [5.41, 5.74) is -0.0592. The second-order valence-electron chi connectivity index (χ2n) is 4.76. The number of hydrogen-bond donors (Lipinski definition) is 2. The fraction of sp³-hybridized carbons (Fsp3) is 0.455. The van der Waals surface area contributed by atoms with Crippen LogP contribution < -0.4 is 4.72 Å². The Hall–Kier alpha value is -0.740. The zero-order valence-electron chi connectivity index (χ0n) is 10.7. The molecule has 0 radical (unpaired) electrons. The van der Waals surface area contributed by atoms with E-state index in [-0.39, 0.29) is 28.5 Å². The van der Waals surface area contributed by atoms with Crippen LogP contribution in [0.15, 0.2) is 17.0 Å². The molecule has 0 aromatic heterocycles. The molecule has 2 N–H and O–H groups in total. The summed E-state index contributed by atoms with van der Waals surface area (Å²) in [5.74, 6) is -1.34. The van der Waals surface area contributed by atoms with Crippen LogP contribution in [-0.4, -0.2) is 39.5 Å². The van der Waals surface area contributed by atoms with Crippen molar-refractivity contribution in [3.63, 3.8) is 0 Å². The smallest absolute Gasteiger partial charge is 0.240 e. The van der Waals surface area contributed by atoms with Crippen molar-refractivity contribution in [2.75, 3.05) is 11.5 Å².